The molecule has 0 N–H and O–H groups in total. The fourth-order valence-electron chi connectivity index (χ4n) is 4.88. The van der Waals surface area contributed by atoms with Crippen LogP contribution in [-0.4, -0.2) is 84.6 Å². The maximum Gasteiger partial charge on any atom is 0.246 e. The molecule has 1 unspecified atom stereocenters. The zero-order chi connectivity index (χ0) is 25.1. The largest absolute Gasteiger partial charge is 0.493 e. The Bertz CT molecular complexity index is 1240. The molecule has 2 aromatic carbocycles. The summed E-state index contributed by atoms with van der Waals surface area (Å²) >= 11 is 1.89. The number of hydrogen-bond acceptors (Lipinski definition) is 7. The summed E-state index contributed by atoms with van der Waals surface area (Å²) in [7, 11) is 4.73. The van der Waals surface area contributed by atoms with Gasteiger partial charge < -0.3 is 23.7 Å². The lowest BCUT2D eigenvalue weighted by Gasteiger charge is -2.36. The van der Waals surface area contributed by atoms with Crippen LogP contribution in [0.1, 0.15) is 12.0 Å². The number of para-hydroxylation sites is 2. The van der Waals surface area contributed by atoms with Gasteiger partial charge in [0, 0.05) is 50.6 Å². The lowest BCUT2D eigenvalue weighted by Crippen LogP contribution is -2.50. The van der Waals surface area contributed by atoms with Crippen LogP contribution in [0, 0.1) is 0 Å². The number of imidazole rings is 1. The molecule has 5 rings (SSSR count). The Morgan fingerprint density at radius 3 is 2.44 bits per heavy atom. The average molecular weight is 509 g/mol. The van der Waals surface area contributed by atoms with Crippen LogP contribution in [0.5, 0.6) is 17.2 Å². The number of amides is 1. The number of carbonyl (C=O) groups excluding carboxylic acids is 1. The molecule has 0 saturated carbocycles. The summed E-state index contributed by atoms with van der Waals surface area (Å²) < 4.78 is 18.5. The van der Waals surface area contributed by atoms with Gasteiger partial charge in [-0.05, 0) is 42.3 Å². The van der Waals surface area contributed by atoms with Crippen molar-refractivity contribution in [3.63, 3.8) is 0 Å². The first-order valence-electron chi connectivity index (χ1n) is 12.2. The Morgan fingerprint density at radius 1 is 1.03 bits per heavy atom. The summed E-state index contributed by atoms with van der Waals surface area (Å²) in [5.74, 6) is 1.68. The van der Waals surface area contributed by atoms with Gasteiger partial charge in [0.1, 0.15) is 0 Å². The molecule has 1 amide bonds. The van der Waals surface area contributed by atoms with E-state index in [9.17, 15) is 4.79 Å². The van der Waals surface area contributed by atoms with Crippen molar-refractivity contribution in [2.24, 2.45) is 0 Å². The van der Waals surface area contributed by atoms with Crippen LogP contribution in [0.25, 0.3) is 17.1 Å². The minimum Gasteiger partial charge on any atom is -0.493 e. The lowest BCUT2D eigenvalue weighted by atomic mass is 10.1. The van der Waals surface area contributed by atoms with Crippen LogP contribution in [0.15, 0.2) is 47.6 Å². The van der Waals surface area contributed by atoms with Gasteiger partial charge in [-0.25, -0.2) is 4.98 Å². The van der Waals surface area contributed by atoms with Crippen molar-refractivity contribution in [1.82, 2.24) is 19.4 Å². The van der Waals surface area contributed by atoms with E-state index in [4.69, 9.17) is 19.2 Å². The molecular formula is C27H32N4O4S. The first-order valence-corrected chi connectivity index (χ1v) is 13.1. The van der Waals surface area contributed by atoms with Gasteiger partial charge in [-0.15, -0.1) is 0 Å². The highest BCUT2D eigenvalue weighted by Gasteiger charge is 2.27. The topological polar surface area (TPSA) is 69.1 Å². The molecule has 0 aliphatic carbocycles. The zero-order valence-electron chi connectivity index (χ0n) is 21.0. The molecule has 36 heavy (non-hydrogen) atoms. The fraction of sp³-hybridized carbons (Fsp3) is 0.407. The van der Waals surface area contributed by atoms with E-state index >= 15 is 0 Å². The summed E-state index contributed by atoms with van der Waals surface area (Å²) in [4.78, 5) is 22.1. The van der Waals surface area contributed by atoms with Crippen LogP contribution >= 0.6 is 11.8 Å². The molecular weight excluding hydrogens is 476 g/mol. The number of aryl methyl sites for hydroxylation is 1. The van der Waals surface area contributed by atoms with Gasteiger partial charge in [0.2, 0.25) is 11.7 Å². The van der Waals surface area contributed by atoms with Crippen molar-refractivity contribution in [2.75, 3.05) is 54.1 Å². The highest BCUT2D eigenvalue weighted by atomic mass is 32.2. The summed E-state index contributed by atoms with van der Waals surface area (Å²) in [6, 6.07) is 12.0. The minimum absolute atomic E-state index is 0.0177. The van der Waals surface area contributed by atoms with E-state index in [1.165, 1.54) is 5.52 Å². The Morgan fingerprint density at radius 2 is 1.75 bits per heavy atom. The SMILES string of the molecule is COc1cc(C=CC(=O)N2CCN(CC3CCn4c(nc5ccccc54)S3)CC2)cc(OC)c1OC. The van der Waals surface area contributed by atoms with E-state index in [0.717, 1.165) is 61.9 Å². The molecule has 0 radical (unpaired) electrons. The summed E-state index contributed by atoms with van der Waals surface area (Å²) in [5.41, 5.74) is 3.12. The molecule has 1 atom stereocenters. The predicted octanol–water partition coefficient (Wildman–Crippen LogP) is 3.78. The lowest BCUT2D eigenvalue weighted by molar-refractivity contribution is -0.127. The standard InChI is InChI=1S/C27H32N4O4S/c1-33-23-16-19(17-24(34-2)26(23)35-3)8-9-25(32)30-14-12-29(13-15-30)18-20-10-11-31-22-7-5-4-6-21(22)28-27(31)36-20/h4-9,16-17,20H,10-15,18H2,1-3H3. The van der Waals surface area contributed by atoms with Crippen molar-refractivity contribution in [3.05, 3.63) is 48.0 Å². The van der Waals surface area contributed by atoms with E-state index in [1.54, 1.807) is 33.5 Å². The molecule has 2 aliphatic rings. The number of hydrogen-bond donors (Lipinski definition) is 0. The van der Waals surface area contributed by atoms with Crippen LogP contribution < -0.4 is 14.2 Å². The Labute approximate surface area is 215 Å². The Balaban J connectivity index is 1.14. The molecule has 1 fully saturated rings. The fourth-order valence-corrected chi connectivity index (χ4v) is 6.15. The third-order valence-electron chi connectivity index (χ3n) is 6.82. The highest BCUT2D eigenvalue weighted by molar-refractivity contribution is 7.99. The van der Waals surface area contributed by atoms with E-state index in [0.29, 0.717) is 22.5 Å². The predicted molar refractivity (Wildman–Crippen MR) is 142 cm³/mol. The number of carbonyl (C=O) groups is 1. The monoisotopic (exact) mass is 508 g/mol. The van der Waals surface area contributed by atoms with E-state index in [1.807, 2.05) is 34.9 Å². The summed E-state index contributed by atoms with van der Waals surface area (Å²) in [6.07, 6.45) is 4.55. The summed E-state index contributed by atoms with van der Waals surface area (Å²) in [5, 5.41) is 1.65. The minimum atomic E-state index is 0.0177. The molecule has 190 valence electrons. The highest BCUT2D eigenvalue weighted by Crippen LogP contribution is 2.38. The number of methoxy groups -OCH3 is 3. The maximum atomic E-state index is 12.8. The van der Waals surface area contributed by atoms with Crippen LogP contribution in [0.2, 0.25) is 0 Å². The number of fused-ring (bicyclic) bond motifs is 3. The van der Waals surface area contributed by atoms with E-state index in [-0.39, 0.29) is 5.91 Å². The number of nitrogens with zero attached hydrogens (tertiary/aromatic N) is 4. The maximum absolute atomic E-state index is 12.8. The number of benzene rings is 2. The van der Waals surface area contributed by atoms with Gasteiger partial charge in [0.25, 0.3) is 0 Å². The molecule has 3 aromatic rings. The van der Waals surface area contributed by atoms with Gasteiger partial charge >= 0.3 is 0 Å². The summed E-state index contributed by atoms with van der Waals surface area (Å²) in [6.45, 7) is 5.27. The van der Waals surface area contributed by atoms with E-state index in [2.05, 4.69) is 27.7 Å². The third kappa shape index (κ3) is 5.03. The van der Waals surface area contributed by atoms with Crippen LogP contribution in [0.4, 0.5) is 0 Å². The average Bonchev–Trinajstić information content (AvgIpc) is 3.29. The number of rotatable bonds is 7. The Kier molecular flexibility index (Phi) is 7.38. The third-order valence-corrected chi connectivity index (χ3v) is 8.06. The van der Waals surface area contributed by atoms with Gasteiger partial charge in [-0.2, -0.15) is 0 Å². The molecule has 0 bridgehead atoms. The number of thioether (sulfide) groups is 1. The Hall–Kier alpha value is -3.17. The first-order chi connectivity index (χ1) is 17.6. The number of aromatic nitrogens is 2. The molecule has 1 aromatic heterocycles. The van der Waals surface area contributed by atoms with Crippen molar-refractivity contribution >= 4 is 34.8 Å². The first kappa shape index (κ1) is 24.5. The van der Waals surface area contributed by atoms with E-state index < -0.39 is 0 Å². The number of piperazine rings is 1. The smallest absolute Gasteiger partial charge is 0.246 e. The van der Waals surface area contributed by atoms with Crippen LogP contribution in [0.3, 0.4) is 0 Å². The molecule has 9 heteroatoms. The van der Waals surface area contributed by atoms with Gasteiger partial charge in [0.15, 0.2) is 16.7 Å². The quantitative estimate of drug-likeness (QED) is 0.450. The zero-order valence-corrected chi connectivity index (χ0v) is 21.8. The van der Waals surface area contributed by atoms with Gasteiger partial charge in [-0.1, -0.05) is 23.9 Å². The second kappa shape index (κ2) is 10.8. The molecule has 2 aliphatic heterocycles. The normalized spacial score (nSPS) is 18.4. The van der Waals surface area contributed by atoms with Crippen LogP contribution in [-0.2, 0) is 11.3 Å². The second-order valence-electron chi connectivity index (χ2n) is 8.98. The van der Waals surface area contributed by atoms with Crippen molar-refractivity contribution in [2.45, 2.75) is 23.4 Å². The van der Waals surface area contributed by atoms with Gasteiger partial charge in [-0.3, -0.25) is 9.69 Å². The molecule has 1 saturated heterocycles. The second-order valence-corrected chi connectivity index (χ2v) is 10.2. The van der Waals surface area contributed by atoms with Crippen molar-refractivity contribution in [1.29, 1.82) is 0 Å². The van der Waals surface area contributed by atoms with Crippen molar-refractivity contribution in [3.8, 4) is 17.2 Å². The molecule has 0 spiro atoms. The molecule has 3 heterocycles. The number of ether oxygens (including phenoxy) is 3. The van der Waals surface area contributed by atoms with Gasteiger partial charge in [0.05, 0.1) is 32.4 Å². The molecule has 8 nitrogen and oxygen atoms in total. The van der Waals surface area contributed by atoms with Crippen molar-refractivity contribution < 1.29 is 19.0 Å².